The molecule has 0 aromatic heterocycles. The second-order valence-electron chi connectivity index (χ2n) is 8.91. The van der Waals surface area contributed by atoms with Crippen LogP contribution < -0.4 is 10.7 Å². The van der Waals surface area contributed by atoms with Crippen molar-refractivity contribution in [3.05, 3.63) is 35.9 Å². The molecule has 4 amide bonds. The number of nitrogens with zero attached hydrogens (tertiary/aromatic N) is 3. The predicted molar refractivity (Wildman–Crippen MR) is 112 cm³/mol. The number of nitrogens with one attached hydrogen (secondary N) is 2. The lowest BCUT2D eigenvalue weighted by Crippen LogP contribution is -2.54. The van der Waals surface area contributed by atoms with Crippen LogP contribution in [0.4, 0.5) is 4.79 Å². The molecule has 4 rings (SSSR count). The zero-order valence-electron chi connectivity index (χ0n) is 17.6. The Morgan fingerprint density at radius 3 is 2.37 bits per heavy atom. The second kappa shape index (κ2) is 8.73. The number of carbonyl (C=O) groups excluding carboxylic acids is 3. The molecule has 30 heavy (non-hydrogen) atoms. The molecule has 1 aromatic carbocycles. The Hall–Kier alpha value is -2.45. The van der Waals surface area contributed by atoms with Crippen molar-refractivity contribution in [2.75, 3.05) is 32.7 Å². The summed E-state index contributed by atoms with van der Waals surface area (Å²) in [5.74, 6) is -0.0822. The average Bonchev–Trinajstić information content (AvgIpc) is 2.97. The number of carbonyl (C=O) groups is 3. The molecule has 0 atom stereocenters. The van der Waals surface area contributed by atoms with E-state index in [4.69, 9.17) is 0 Å². The molecule has 8 nitrogen and oxygen atoms in total. The molecule has 1 spiro atoms. The summed E-state index contributed by atoms with van der Waals surface area (Å²) in [6.45, 7) is 6.57. The Balaban J connectivity index is 1.24. The lowest BCUT2D eigenvalue weighted by Gasteiger charge is -2.34. The van der Waals surface area contributed by atoms with Gasteiger partial charge in [-0.15, -0.1) is 0 Å². The van der Waals surface area contributed by atoms with Crippen molar-refractivity contribution in [2.45, 2.75) is 44.7 Å². The summed E-state index contributed by atoms with van der Waals surface area (Å²) in [5.41, 5.74) is 2.99. The minimum absolute atomic E-state index is 0.181. The van der Waals surface area contributed by atoms with Crippen LogP contribution in [0.1, 0.15) is 38.2 Å². The van der Waals surface area contributed by atoms with E-state index in [0.717, 1.165) is 50.6 Å². The normalized spacial score (nSPS) is 28.0. The molecule has 0 radical (unpaired) electrons. The first-order valence-corrected chi connectivity index (χ1v) is 10.9. The van der Waals surface area contributed by atoms with Gasteiger partial charge in [0.1, 0.15) is 5.54 Å². The van der Waals surface area contributed by atoms with Gasteiger partial charge >= 0.3 is 6.03 Å². The largest absolute Gasteiger partial charge is 0.344 e. The number of hydrogen-bond acceptors (Lipinski definition) is 5. The quantitative estimate of drug-likeness (QED) is 0.712. The first-order valence-electron chi connectivity index (χ1n) is 10.9. The zero-order chi connectivity index (χ0) is 21.1. The summed E-state index contributed by atoms with van der Waals surface area (Å²) in [5, 5.41) is 3.72. The molecule has 0 unspecified atom stereocenters. The van der Waals surface area contributed by atoms with Gasteiger partial charge in [-0.2, -0.15) is 5.01 Å². The molecule has 2 heterocycles. The van der Waals surface area contributed by atoms with Gasteiger partial charge < -0.3 is 5.32 Å². The topological polar surface area (TPSA) is 85.0 Å². The summed E-state index contributed by atoms with van der Waals surface area (Å²) in [6, 6.07) is 9.83. The van der Waals surface area contributed by atoms with E-state index in [2.05, 4.69) is 39.6 Å². The molecule has 8 heteroatoms. The van der Waals surface area contributed by atoms with E-state index in [1.54, 1.807) is 0 Å². The Kier molecular flexibility index (Phi) is 6.06. The molecule has 2 aliphatic heterocycles. The minimum atomic E-state index is -0.833. The molecule has 3 fully saturated rings. The van der Waals surface area contributed by atoms with Crippen molar-refractivity contribution < 1.29 is 14.4 Å². The molecule has 1 saturated carbocycles. The van der Waals surface area contributed by atoms with Crippen LogP contribution in [0.2, 0.25) is 0 Å². The van der Waals surface area contributed by atoms with Gasteiger partial charge in [-0.25, -0.2) is 4.79 Å². The van der Waals surface area contributed by atoms with Gasteiger partial charge in [0.05, 0.1) is 6.54 Å². The molecular weight excluding hydrogens is 382 g/mol. The predicted octanol–water partition coefficient (Wildman–Crippen LogP) is 1.34. The number of hydrogen-bond donors (Lipinski definition) is 2. The molecule has 2 N–H and O–H groups in total. The highest BCUT2D eigenvalue weighted by atomic mass is 16.2. The van der Waals surface area contributed by atoms with Crippen LogP contribution in [0.25, 0.3) is 0 Å². The van der Waals surface area contributed by atoms with Crippen molar-refractivity contribution in [1.82, 2.24) is 25.6 Å². The van der Waals surface area contributed by atoms with Gasteiger partial charge in [-0.3, -0.25) is 24.8 Å². The van der Waals surface area contributed by atoms with Gasteiger partial charge in [0.15, 0.2) is 0 Å². The maximum absolute atomic E-state index is 12.9. The fourth-order valence-corrected chi connectivity index (χ4v) is 4.63. The van der Waals surface area contributed by atoms with E-state index in [9.17, 15) is 14.4 Å². The van der Waals surface area contributed by atoms with Crippen LogP contribution in [-0.2, 0) is 16.1 Å². The summed E-state index contributed by atoms with van der Waals surface area (Å²) in [4.78, 5) is 42.1. The maximum atomic E-state index is 12.9. The van der Waals surface area contributed by atoms with E-state index < -0.39 is 11.6 Å². The van der Waals surface area contributed by atoms with Crippen LogP contribution >= 0.6 is 0 Å². The van der Waals surface area contributed by atoms with E-state index >= 15 is 0 Å². The number of rotatable bonds is 5. The van der Waals surface area contributed by atoms with E-state index in [0.29, 0.717) is 18.8 Å². The fraction of sp³-hybridized carbons (Fsp3) is 0.591. The molecule has 0 bridgehead atoms. The van der Waals surface area contributed by atoms with Gasteiger partial charge in [0.2, 0.25) is 0 Å². The SMILES string of the molecule is CC1CCC2(CC1)NC(=O)N(NC(=O)CN1CCN(Cc3ccccc3)CC1)C2=O. The zero-order valence-corrected chi connectivity index (χ0v) is 17.6. The molecule has 1 aliphatic carbocycles. The Bertz CT molecular complexity index is 783. The summed E-state index contributed by atoms with van der Waals surface area (Å²) in [6.07, 6.45) is 3.07. The van der Waals surface area contributed by atoms with Gasteiger partial charge in [0.25, 0.3) is 11.8 Å². The third-order valence-corrected chi connectivity index (χ3v) is 6.61. The van der Waals surface area contributed by atoms with Crippen LogP contribution in [0, 0.1) is 5.92 Å². The monoisotopic (exact) mass is 413 g/mol. The van der Waals surface area contributed by atoms with E-state index in [1.807, 2.05) is 18.2 Å². The van der Waals surface area contributed by atoms with Crippen molar-refractivity contribution in [3.63, 3.8) is 0 Å². The highest BCUT2D eigenvalue weighted by Crippen LogP contribution is 2.35. The fourth-order valence-electron chi connectivity index (χ4n) is 4.63. The number of hydrazine groups is 1. The van der Waals surface area contributed by atoms with Crippen LogP contribution in [0.15, 0.2) is 30.3 Å². The Morgan fingerprint density at radius 2 is 1.70 bits per heavy atom. The van der Waals surface area contributed by atoms with Crippen LogP contribution in [0.3, 0.4) is 0 Å². The van der Waals surface area contributed by atoms with Crippen molar-refractivity contribution >= 4 is 17.8 Å². The van der Waals surface area contributed by atoms with Gasteiger partial charge in [-0.1, -0.05) is 37.3 Å². The lowest BCUT2D eigenvalue weighted by atomic mass is 9.77. The number of amides is 4. The summed E-state index contributed by atoms with van der Waals surface area (Å²) < 4.78 is 0. The number of imide groups is 1. The third kappa shape index (κ3) is 4.49. The van der Waals surface area contributed by atoms with Crippen molar-refractivity contribution in [2.24, 2.45) is 5.92 Å². The van der Waals surface area contributed by atoms with Crippen molar-refractivity contribution in [3.8, 4) is 0 Å². The van der Waals surface area contributed by atoms with Crippen molar-refractivity contribution in [1.29, 1.82) is 0 Å². The van der Waals surface area contributed by atoms with Gasteiger partial charge in [-0.05, 0) is 37.2 Å². The number of urea groups is 1. The highest BCUT2D eigenvalue weighted by molar-refractivity contribution is 6.08. The summed E-state index contributed by atoms with van der Waals surface area (Å²) in [7, 11) is 0. The molecular formula is C22H31N5O3. The smallest absolute Gasteiger partial charge is 0.322 e. The third-order valence-electron chi connectivity index (χ3n) is 6.61. The molecule has 1 aromatic rings. The number of piperazine rings is 1. The molecule has 2 saturated heterocycles. The number of benzene rings is 1. The van der Waals surface area contributed by atoms with Crippen LogP contribution in [-0.4, -0.2) is 70.9 Å². The van der Waals surface area contributed by atoms with Gasteiger partial charge in [0, 0.05) is 32.7 Å². The second-order valence-corrected chi connectivity index (χ2v) is 8.91. The minimum Gasteiger partial charge on any atom is -0.322 e. The lowest BCUT2D eigenvalue weighted by molar-refractivity contribution is -0.140. The average molecular weight is 414 g/mol. The Labute approximate surface area is 177 Å². The maximum Gasteiger partial charge on any atom is 0.344 e. The van der Waals surface area contributed by atoms with E-state index in [1.165, 1.54) is 5.56 Å². The molecule has 162 valence electrons. The van der Waals surface area contributed by atoms with Crippen LogP contribution in [0.5, 0.6) is 0 Å². The highest BCUT2D eigenvalue weighted by Gasteiger charge is 2.52. The summed E-state index contributed by atoms with van der Waals surface area (Å²) >= 11 is 0. The Morgan fingerprint density at radius 1 is 1.07 bits per heavy atom. The first-order chi connectivity index (χ1) is 14.4. The standard InChI is InChI=1S/C22H31N5O3/c1-17-7-9-22(10-8-17)20(29)27(21(30)23-22)24-19(28)16-26-13-11-25(12-14-26)15-18-5-3-2-4-6-18/h2-6,17H,7-16H2,1H3,(H,23,30)(H,24,28). The van der Waals surface area contributed by atoms with E-state index in [-0.39, 0.29) is 18.4 Å². The molecule has 3 aliphatic rings. The first kappa shape index (κ1) is 20.8.